The number of carbonyl (C=O) groups is 1. The molecule has 10 heteroatoms. The molecule has 4 rings (SSSR count). The lowest BCUT2D eigenvalue weighted by Crippen LogP contribution is -2.17. The van der Waals surface area contributed by atoms with Gasteiger partial charge in [-0.2, -0.15) is 5.10 Å². The lowest BCUT2D eigenvalue weighted by molar-refractivity contribution is -0.274. The number of carbonyl (C=O) groups excluding carboxylic acids is 1. The van der Waals surface area contributed by atoms with Crippen LogP contribution in [0.15, 0.2) is 66.7 Å². The average Bonchev–Trinajstić information content (AvgIpc) is 3.14. The molecule has 0 aliphatic rings. The molecule has 0 saturated carbocycles. The molecule has 0 atom stereocenters. The van der Waals surface area contributed by atoms with Crippen molar-refractivity contribution >= 4 is 22.6 Å². The Balaban J connectivity index is 1.47. The van der Waals surface area contributed by atoms with Crippen LogP contribution in [0.2, 0.25) is 0 Å². The molecular weight excluding hydrogens is 430 g/mol. The molecule has 0 unspecified atom stereocenters. The number of hydrogen-bond acceptors (Lipinski definition) is 4. The Labute approximate surface area is 178 Å². The zero-order valence-corrected chi connectivity index (χ0v) is 16.2. The Kier molecular flexibility index (Phi) is 5.67. The van der Waals surface area contributed by atoms with Crippen molar-refractivity contribution < 1.29 is 31.8 Å². The van der Waals surface area contributed by atoms with Gasteiger partial charge in [0, 0.05) is 16.5 Å². The summed E-state index contributed by atoms with van der Waals surface area (Å²) in [4.78, 5) is 12.5. The van der Waals surface area contributed by atoms with Crippen LogP contribution in [-0.4, -0.2) is 22.5 Å². The molecule has 0 saturated heterocycles. The van der Waals surface area contributed by atoms with E-state index in [9.17, 15) is 22.4 Å². The fraction of sp³-hybridized carbons (Fsp3) is 0.0909. The molecule has 3 aromatic carbocycles. The van der Waals surface area contributed by atoms with Gasteiger partial charge < -0.3 is 14.8 Å². The third kappa shape index (κ3) is 4.97. The maximum Gasteiger partial charge on any atom is 0.573 e. The molecule has 4 aromatic rings. The van der Waals surface area contributed by atoms with Gasteiger partial charge in [0.25, 0.3) is 5.91 Å². The van der Waals surface area contributed by atoms with Gasteiger partial charge in [0.2, 0.25) is 0 Å². The standard InChI is InChI=1S/C22H15F4N3O3/c23-18-4-2-1-3-14(18)12-31-16-9-10-19-17(11-16)20(29-28-19)27-21(30)13-5-7-15(8-6-13)32-22(24,25)26/h1-11H,12H2,(H2,27,28,29,30). The molecule has 164 valence electrons. The summed E-state index contributed by atoms with van der Waals surface area (Å²) in [5.41, 5.74) is 1.13. The van der Waals surface area contributed by atoms with Gasteiger partial charge in [-0.1, -0.05) is 18.2 Å². The molecule has 0 bridgehead atoms. The maximum atomic E-state index is 13.8. The van der Waals surface area contributed by atoms with Gasteiger partial charge in [0.15, 0.2) is 5.82 Å². The molecule has 0 radical (unpaired) electrons. The second kappa shape index (κ2) is 8.58. The summed E-state index contributed by atoms with van der Waals surface area (Å²) in [6, 6.07) is 15.7. The van der Waals surface area contributed by atoms with Crippen LogP contribution in [0, 0.1) is 5.82 Å². The third-order valence-corrected chi connectivity index (χ3v) is 4.47. The molecule has 0 aliphatic heterocycles. The zero-order valence-electron chi connectivity index (χ0n) is 16.2. The Morgan fingerprint density at radius 3 is 2.44 bits per heavy atom. The first-order valence-corrected chi connectivity index (χ1v) is 9.30. The Hall–Kier alpha value is -4.08. The lowest BCUT2D eigenvalue weighted by Gasteiger charge is -2.09. The minimum atomic E-state index is -4.82. The van der Waals surface area contributed by atoms with E-state index < -0.39 is 18.0 Å². The molecule has 0 fully saturated rings. The lowest BCUT2D eigenvalue weighted by atomic mass is 10.2. The van der Waals surface area contributed by atoms with E-state index in [-0.39, 0.29) is 23.8 Å². The van der Waals surface area contributed by atoms with Gasteiger partial charge in [-0.3, -0.25) is 9.89 Å². The second-order valence-electron chi connectivity index (χ2n) is 6.69. The summed E-state index contributed by atoms with van der Waals surface area (Å²) in [6.45, 7) is 0.0179. The minimum Gasteiger partial charge on any atom is -0.489 e. The van der Waals surface area contributed by atoms with Crippen LogP contribution >= 0.6 is 0 Å². The van der Waals surface area contributed by atoms with Gasteiger partial charge in [-0.05, 0) is 48.5 Å². The highest BCUT2D eigenvalue weighted by Crippen LogP contribution is 2.27. The number of H-pyrrole nitrogens is 1. The first-order valence-electron chi connectivity index (χ1n) is 9.30. The monoisotopic (exact) mass is 445 g/mol. The van der Waals surface area contributed by atoms with Crippen molar-refractivity contribution in [2.75, 3.05) is 5.32 Å². The summed E-state index contributed by atoms with van der Waals surface area (Å²) < 4.78 is 60.0. The Morgan fingerprint density at radius 2 is 1.72 bits per heavy atom. The predicted octanol–water partition coefficient (Wildman–Crippen LogP) is 5.43. The van der Waals surface area contributed by atoms with Crippen LogP contribution in [-0.2, 0) is 6.61 Å². The molecule has 6 nitrogen and oxygen atoms in total. The number of fused-ring (bicyclic) bond motifs is 1. The van der Waals surface area contributed by atoms with Crippen molar-refractivity contribution in [3.05, 3.63) is 83.7 Å². The summed E-state index contributed by atoms with van der Waals surface area (Å²) in [5.74, 6) is -0.745. The summed E-state index contributed by atoms with van der Waals surface area (Å²) >= 11 is 0. The van der Waals surface area contributed by atoms with Crippen LogP contribution in [0.4, 0.5) is 23.4 Å². The van der Waals surface area contributed by atoms with Crippen LogP contribution in [0.1, 0.15) is 15.9 Å². The molecule has 32 heavy (non-hydrogen) atoms. The van der Waals surface area contributed by atoms with Crippen molar-refractivity contribution in [1.29, 1.82) is 0 Å². The number of nitrogens with zero attached hydrogens (tertiary/aromatic N) is 1. The highest BCUT2D eigenvalue weighted by atomic mass is 19.4. The van der Waals surface area contributed by atoms with Gasteiger partial charge in [-0.25, -0.2) is 4.39 Å². The highest BCUT2D eigenvalue weighted by molar-refractivity contribution is 6.08. The molecule has 0 aliphatic carbocycles. The summed E-state index contributed by atoms with van der Waals surface area (Å²) in [7, 11) is 0. The van der Waals surface area contributed by atoms with E-state index in [0.29, 0.717) is 22.2 Å². The highest BCUT2D eigenvalue weighted by Gasteiger charge is 2.31. The number of aromatic amines is 1. The van der Waals surface area contributed by atoms with E-state index in [2.05, 4.69) is 20.3 Å². The molecular formula is C22H15F4N3O3. The normalized spacial score (nSPS) is 11.4. The number of hydrogen-bond donors (Lipinski definition) is 2. The number of alkyl halides is 3. The summed E-state index contributed by atoms with van der Waals surface area (Å²) in [5, 5.41) is 9.96. The van der Waals surface area contributed by atoms with Gasteiger partial charge in [-0.15, -0.1) is 13.2 Å². The summed E-state index contributed by atoms with van der Waals surface area (Å²) in [6.07, 6.45) is -4.82. The van der Waals surface area contributed by atoms with Gasteiger partial charge >= 0.3 is 6.36 Å². The van der Waals surface area contributed by atoms with Crippen molar-refractivity contribution in [1.82, 2.24) is 10.2 Å². The van der Waals surface area contributed by atoms with Crippen molar-refractivity contribution in [3.63, 3.8) is 0 Å². The second-order valence-corrected chi connectivity index (χ2v) is 6.69. The quantitative estimate of drug-likeness (QED) is 0.388. The Bertz CT molecular complexity index is 1250. The number of aromatic nitrogens is 2. The zero-order chi connectivity index (χ0) is 22.7. The maximum absolute atomic E-state index is 13.8. The largest absolute Gasteiger partial charge is 0.573 e. The van der Waals surface area contributed by atoms with Crippen LogP contribution < -0.4 is 14.8 Å². The van der Waals surface area contributed by atoms with E-state index in [4.69, 9.17) is 4.74 Å². The van der Waals surface area contributed by atoms with E-state index in [1.807, 2.05) is 0 Å². The number of rotatable bonds is 6. The number of anilines is 1. The number of nitrogens with one attached hydrogen (secondary N) is 2. The van der Waals surface area contributed by atoms with Gasteiger partial charge in [0.05, 0.1) is 5.52 Å². The number of benzene rings is 3. The average molecular weight is 445 g/mol. The van der Waals surface area contributed by atoms with Crippen LogP contribution in [0.3, 0.4) is 0 Å². The van der Waals surface area contributed by atoms with Gasteiger partial charge in [0.1, 0.15) is 23.9 Å². The van der Waals surface area contributed by atoms with Crippen molar-refractivity contribution in [2.45, 2.75) is 13.0 Å². The van der Waals surface area contributed by atoms with Crippen molar-refractivity contribution in [2.24, 2.45) is 0 Å². The fourth-order valence-corrected chi connectivity index (χ4v) is 2.94. The van der Waals surface area contributed by atoms with Crippen molar-refractivity contribution in [3.8, 4) is 11.5 Å². The Morgan fingerprint density at radius 1 is 1.00 bits per heavy atom. The molecule has 0 spiro atoms. The van der Waals surface area contributed by atoms with E-state index in [1.54, 1.807) is 36.4 Å². The predicted molar refractivity (Wildman–Crippen MR) is 108 cm³/mol. The minimum absolute atomic E-state index is 0.0179. The first-order chi connectivity index (χ1) is 15.3. The molecule has 1 aromatic heterocycles. The number of halogens is 4. The van der Waals surface area contributed by atoms with E-state index in [1.165, 1.54) is 18.2 Å². The smallest absolute Gasteiger partial charge is 0.489 e. The molecule has 1 heterocycles. The topological polar surface area (TPSA) is 76.2 Å². The van der Waals surface area contributed by atoms with Crippen LogP contribution in [0.25, 0.3) is 10.9 Å². The van der Waals surface area contributed by atoms with Crippen LogP contribution in [0.5, 0.6) is 11.5 Å². The number of amides is 1. The first kappa shape index (κ1) is 21.2. The van der Waals surface area contributed by atoms with E-state index in [0.717, 1.165) is 12.1 Å². The SMILES string of the molecule is O=C(Nc1n[nH]c2ccc(OCc3ccccc3F)cc12)c1ccc(OC(F)(F)F)cc1. The molecule has 2 N–H and O–H groups in total. The number of ether oxygens (including phenoxy) is 2. The fourth-order valence-electron chi connectivity index (χ4n) is 2.94. The third-order valence-electron chi connectivity index (χ3n) is 4.47. The molecule has 1 amide bonds. The van der Waals surface area contributed by atoms with E-state index >= 15 is 0 Å².